The maximum atomic E-state index is 4.65. The third kappa shape index (κ3) is 2.91. The van der Waals surface area contributed by atoms with Crippen molar-refractivity contribution in [2.24, 2.45) is 0 Å². The van der Waals surface area contributed by atoms with E-state index in [1.165, 1.54) is 21.8 Å². The molecule has 2 aromatic heterocycles. The average molecular weight is 358 g/mol. The Bertz CT molecular complexity index is 1160. The van der Waals surface area contributed by atoms with Crippen molar-refractivity contribution in [1.82, 2.24) is 9.46 Å². The molecule has 0 aliphatic heterocycles. The average Bonchev–Trinajstić information content (AvgIpc) is 3.16. The van der Waals surface area contributed by atoms with E-state index in [2.05, 4.69) is 107 Å². The van der Waals surface area contributed by atoms with Crippen LogP contribution in [0.5, 0.6) is 0 Å². The molecular weight excluding hydrogens is 339 g/mol. The second-order valence-corrected chi connectivity index (χ2v) is 6.90. The molecule has 0 bridgehead atoms. The van der Waals surface area contributed by atoms with Crippen LogP contribution >= 0.6 is 0 Å². The zero-order chi connectivity index (χ0) is 18.8. The highest BCUT2D eigenvalue weighted by atomic mass is 14.9. The Kier molecular flexibility index (Phi) is 4.26. The van der Waals surface area contributed by atoms with Gasteiger partial charge in [-0.25, -0.2) is 0 Å². The third-order valence-electron chi connectivity index (χ3n) is 5.16. The first-order valence-corrected chi connectivity index (χ1v) is 9.53. The van der Waals surface area contributed by atoms with Gasteiger partial charge in [0.25, 0.3) is 0 Å². The summed E-state index contributed by atoms with van der Waals surface area (Å²) in [5.74, 6) is 0. The van der Waals surface area contributed by atoms with Gasteiger partial charge in [0.15, 0.2) is 0 Å². The van der Waals surface area contributed by atoms with Gasteiger partial charge in [-0.3, -0.25) is 4.98 Å². The Morgan fingerprint density at radius 2 is 1.21 bits per heavy atom. The lowest BCUT2D eigenvalue weighted by molar-refractivity contribution is 1.22. The molecule has 2 heterocycles. The van der Waals surface area contributed by atoms with Crippen LogP contribution < -0.4 is 10.9 Å². The van der Waals surface area contributed by atoms with Crippen LogP contribution in [0.1, 0.15) is 0 Å². The molecule has 2 nitrogen and oxygen atoms in total. The highest BCUT2D eigenvalue weighted by Crippen LogP contribution is 2.27. The number of benzene rings is 3. The molecule has 0 aliphatic carbocycles. The van der Waals surface area contributed by atoms with Crippen LogP contribution in [0.15, 0.2) is 115 Å². The number of aromatic nitrogens is 2. The predicted octanol–water partition coefficient (Wildman–Crippen LogP) is 4.36. The van der Waals surface area contributed by atoms with Crippen molar-refractivity contribution in [1.29, 1.82) is 0 Å². The maximum Gasteiger partial charge on any atom is 0.328 e. The number of hydrogen-bond acceptors (Lipinski definition) is 1. The summed E-state index contributed by atoms with van der Waals surface area (Å²) in [6.07, 6.45) is 1.86. The molecule has 0 atom stereocenters. The molecular formula is C25H19BN2. The number of para-hydroxylation sites is 1. The van der Waals surface area contributed by atoms with Gasteiger partial charge in [-0.05, 0) is 29.7 Å². The van der Waals surface area contributed by atoms with Gasteiger partial charge in [-0.1, -0.05) is 95.9 Å². The number of nitrogens with zero attached hydrogens (tertiary/aromatic N) is 2. The van der Waals surface area contributed by atoms with E-state index in [1.54, 1.807) is 0 Å². The highest BCUT2D eigenvalue weighted by molar-refractivity contribution is 6.84. The second-order valence-electron chi connectivity index (χ2n) is 6.90. The van der Waals surface area contributed by atoms with Crippen molar-refractivity contribution in [3.8, 4) is 11.4 Å². The molecule has 0 spiro atoms. The van der Waals surface area contributed by atoms with Crippen LogP contribution in [-0.2, 0) is 0 Å². The van der Waals surface area contributed by atoms with Crippen molar-refractivity contribution in [2.45, 2.75) is 0 Å². The van der Waals surface area contributed by atoms with Gasteiger partial charge < -0.3 is 4.48 Å². The van der Waals surface area contributed by atoms with Crippen LogP contribution in [0.3, 0.4) is 0 Å². The van der Waals surface area contributed by atoms with Gasteiger partial charge >= 0.3 is 6.85 Å². The van der Waals surface area contributed by atoms with Gasteiger partial charge in [0.1, 0.15) is 0 Å². The van der Waals surface area contributed by atoms with Crippen LogP contribution in [0.25, 0.3) is 22.3 Å². The minimum atomic E-state index is 0.0688. The molecule has 0 N–H and O–H groups in total. The quantitative estimate of drug-likeness (QED) is 0.437. The molecule has 0 radical (unpaired) electrons. The Hall–Kier alpha value is -3.59. The normalized spacial score (nSPS) is 10.9. The predicted molar refractivity (Wildman–Crippen MR) is 118 cm³/mol. The molecule has 5 aromatic rings. The number of pyridine rings is 1. The first kappa shape index (κ1) is 16.6. The summed E-state index contributed by atoms with van der Waals surface area (Å²) in [4.78, 5) is 4.65. The Morgan fingerprint density at radius 3 is 1.86 bits per heavy atom. The lowest BCUT2D eigenvalue weighted by Crippen LogP contribution is -2.48. The zero-order valence-electron chi connectivity index (χ0n) is 15.4. The largest absolute Gasteiger partial charge is 0.375 e. The van der Waals surface area contributed by atoms with E-state index in [1.807, 2.05) is 18.3 Å². The van der Waals surface area contributed by atoms with Crippen molar-refractivity contribution in [3.63, 3.8) is 0 Å². The molecule has 0 fully saturated rings. The minimum absolute atomic E-state index is 0.0688. The van der Waals surface area contributed by atoms with Gasteiger partial charge in [-0.15, -0.1) is 0 Å². The molecule has 0 unspecified atom stereocenters. The molecule has 28 heavy (non-hydrogen) atoms. The van der Waals surface area contributed by atoms with Gasteiger partial charge in [-0.2, -0.15) is 0 Å². The van der Waals surface area contributed by atoms with Crippen molar-refractivity contribution in [2.75, 3.05) is 0 Å². The van der Waals surface area contributed by atoms with Gasteiger partial charge in [0.2, 0.25) is 0 Å². The number of hydrogen-bond donors (Lipinski definition) is 0. The van der Waals surface area contributed by atoms with E-state index in [0.717, 1.165) is 11.4 Å². The molecule has 132 valence electrons. The van der Waals surface area contributed by atoms with E-state index in [0.29, 0.717) is 0 Å². The van der Waals surface area contributed by atoms with E-state index in [4.69, 9.17) is 0 Å². The highest BCUT2D eigenvalue weighted by Gasteiger charge is 2.26. The van der Waals surface area contributed by atoms with Gasteiger partial charge in [0, 0.05) is 11.7 Å². The molecule has 0 aliphatic rings. The molecule has 0 amide bonds. The van der Waals surface area contributed by atoms with E-state index < -0.39 is 0 Å². The first-order valence-electron chi connectivity index (χ1n) is 9.53. The molecule has 3 heteroatoms. The number of fused-ring (bicyclic) bond motifs is 1. The molecule has 0 saturated carbocycles. The molecule has 0 saturated heterocycles. The summed E-state index contributed by atoms with van der Waals surface area (Å²) in [7, 11) is 0. The van der Waals surface area contributed by atoms with Crippen LogP contribution in [0.2, 0.25) is 0 Å². The molecule has 5 rings (SSSR count). The smallest absolute Gasteiger partial charge is 0.328 e. The van der Waals surface area contributed by atoms with Crippen molar-refractivity contribution >= 4 is 28.7 Å². The van der Waals surface area contributed by atoms with Crippen LogP contribution in [0, 0.1) is 0 Å². The van der Waals surface area contributed by atoms with Gasteiger partial charge in [0.05, 0.1) is 11.4 Å². The third-order valence-corrected chi connectivity index (χ3v) is 5.16. The summed E-state index contributed by atoms with van der Waals surface area (Å²) in [6, 6.07) is 38.3. The first-order chi connectivity index (χ1) is 13.9. The van der Waals surface area contributed by atoms with E-state index >= 15 is 0 Å². The Morgan fingerprint density at radius 1 is 0.607 bits per heavy atom. The van der Waals surface area contributed by atoms with Crippen LogP contribution in [-0.4, -0.2) is 16.3 Å². The lowest BCUT2D eigenvalue weighted by atomic mass is 9.50. The summed E-state index contributed by atoms with van der Waals surface area (Å²) in [5, 5.41) is 1.22. The van der Waals surface area contributed by atoms with E-state index in [9.17, 15) is 0 Å². The Labute approximate surface area is 165 Å². The second kappa shape index (κ2) is 7.20. The maximum absolute atomic E-state index is 4.65. The summed E-state index contributed by atoms with van der Waals surface area (Å²) < 4.78 is 2.42. The minimum Gasteiger partial charge on any atom is -0.375 e. The fraction of sp³-hybridized carbons (Fsp3) is 0. The lowest BCUT2D eigenvalue weighted by Gasteiger charge is -2.21. The summed E-state index contributed by atoms with van der Waals surface area (Å²) in [5.41, 5.74) is 5.83. The summed E-state index contributed by atoms with van der Waals surface area (Å²) in [6.45, 7) is 0.0688. The Balaban J connectivity index is 1.84. The molecule has 3 aromatic carbocycles. The zero-order valence-corrected chi connectivity index (χ0v) is 15.4. The fourth-order valence-corrected chi connectivity index (χ4v) is 3.93. The fourth-order valence-electron chi connectivity index (χ4n) is 3.93. The van der Waals surface area contributed by atoms with Crippen molar-refractivity contribution in [3.05, 3.63) is 115 Å². The number of rotatable bonds is 4. The van der Waals surface area contributed by atoms with Crippen LogP contribution in [0.4, 0.5) is 0 Å². The van der Waals surface area contributed by atoms with Crippen molar-refractivity contribution < 1.29 is 0 Å². The topological polar surface area (TPSA) is 17.8 Å². The standard InChI is InChI=1S/C25H19BN2/c1-3-12-21(13-4-1)26(22-14-5-2-6-15-22)28-24-17-8-7-11-20(24)19-25(28)23-16-9-10-18-27-23/h1-19H. The SMILES string of the molecule is c1ccc(B(c2ccccc2)n2c(-c3ccccn3)cc3ccccc32)cc1. The van der Waals surface area contributed by atoms with E-state index in [-0.39, 0.29) is 6.85 Å². The monoisotopic (exact) mass is 358 g/mol. The summed E-state index contributed by atoms with van der Waals surface area (Å²) >= 11 is 0.